The highest BCUT2D eigenvalue weighted by Crippen LogP contribution is 2.12. The van der Waals surface area contributed by atoms with Gasteiger partial charge in [0.1, 0.15) is 6.23 Å². The van der Waals surface area contributed by atoms with Crippen molar-refractivity contribution in [1.29, 1.82) is 0 Å². The lowest BCUT2D eigenvalue weighted by molar-refractivity contribution is 0.0282. The average molecular weight is 129 g/mol. The molecule has 1 saturated heterocycles. The lowest BCUT2D eigenvalue weighted by Crippen LogP contribution is -2.20. The van der Waals surface area contributed by atoms with Crippen LogP contribution in [0.3, 0.4) is 0 Å². The molecular formula is C7H15NO. The summed E-state index contributed by atoms with van der Waals surface area (Å²) in [5.74, 6) is 0.641. The second kappa shape index (κ2) is 2.67. The largest absolute Gasteiger partial charge is 0.359 e. The van der Waals surface area contributed by atoms with Crippen molar-refractivity contribution in [2.45, 2.75) is 33.1 Å². The Morgan fingerprint density at radius 2 is 2.22 bits per heavy atom. The van der Waals surface area contributed by atoms with Gasteiger partial charge in [-0.3, -0.25) is 5.32 Å². The van der Waals surface area contributed by atoms with Gasteiger partial charge in [0.15, 0.2) is 0 Å². The van der Waals surface area contributed by atoms with Gasteiger partial charge in [-0.25, -0.2) is 0 Å². The molecule has 1 aliphatic heterocycles. The van der Waals surface area contributed by atoms with Crippen molar-refractivity contribution in [1.82, 2.24) is 5.32 Å². The molecule has 0 amide bonds. The minimum absolute atomic E-state index is 0.261. The van der Waals surface area contributed by atoms with Gasteiger partial charge in [0, 0.05) is 6.54 Å². The number of hydrogen-bond acceptors (Lipinski definition) is 2. The third kappa shape index (κ3) is 1.66. The predicted molar refractivity (Wildman–Crippen MR) is 37.2 cm³/mol. The van der Waals surface area contributed by atoms with Crippen LogP contribution in [0, 0.1) is 5.92 Å². The summed E-state index contributed by atoms with van der Waals surface area (Å²) in [5.41, 5.74) is 0. The van der Waals surface area contributed by atoms with Crippen LogP contribution >= 0.6 is 0 Å². The van der Waals surface area contributed by atoms with Crippen LogP contribution < -0.4 is 5.32 Å². The van der Waals surface area contributed by atoms with E-state index in [1.807, 2.05) is 6.92 Å². The molecule has 2 heteroatoms. The molecule has 1 rings (SSSR count). The van der Waals surface area contributed by atoms with Crippen molar-refractivity contribution >= 4 is 0 Å². The molecule has 0 aliphatic carbocycles. The van der Waals surface area contributed by atoms with Gasteiger partial charge < -0.3 is 4.74 Å². The minimum Gasteiger partial charge on any atom is -0.359 e. The van der Waals surface area contributed by atoms with Crippen molar-refractivity contribution in [2.24, 2.45) is 5.92 Å². The van der Waals surface area contributed by atoms with Crippen LogP contribution in [0.5, 0.6) is 0 Å². The Labute approximate surface area is 56.6 Å². The van der Waals surface area contributed by atoms with E-state index >= 15 is 0 Å². The maximum Gasteiger partial charge on any atom is 0.105 e. The van der Waals surface area contributed by atoms with Gasteiger partial charge in [-0.15, -0.1) is 0 Å². The number of hydrogen-bond donors (Lipinski definition) is 1. The summed E-state index contributed by atoms with van der Waals surface area (Å²) in [6, 6.07) is 0. The number of nitrogens with one attached hydrogen (secondary N) is 1. The van der Waals surface area contributed by atoms with Crippen LogP contribution in [0.25, 0.3) is 0 Å². The molecule has 2 unspecified atom stereocenters. The lowest BCUT2D eigenvalue weighted by atomic mass is 10.1. The molecule has 0 aromatic heterocycles. The van der Waals surface area contributed by atoms with Gasteiger partial charge in [0.2, 0.25) is 0 Å². The smallest absolute Gasteiger partial charge is 0.105 e. The summed E-state index contributed by atoms with van der Waals surface area (Å²) in [6.45, 7) is 7.43. The van der Waals surface area contributed by atoms with E-state index in [1.165, 1.54) is 0 Å². The van der Waals surface area contributed by atoms with Crippen LogP contribution in [0.15, 0.2) is 0 Å². The molecule has 0 saturated carbocycles. The first-order valence-electron chi connectivity index (χ1n) is 3.59. The quantitative estimate of drug-likeness (QED) is 0.569. The topological polar surface area (TPSA) is 21.3 Å². The predicted octanol–water partition coefficient (Wildman–Crippen LogP) is 0.977. The molecule has 1 aliphatic rings. The van der Waals surface area contributed by atoms with Gasteiger partial charge in [-0.1, -0.05) is 13.8 Å². The Balaban J connectivity index is 2.30. The zero-order valence-corrected chi connectivity index (χ0v) is 6.35. The molecule has 9 heavy (non-hydrogen) atoms. The van der Waals surface area contributed by atoms with Crippen LogP contribution in [-0.4, -0.2) is 18.9 Å². The molecule has 0 radical (unpaired) electrons. The molecule has 0 bridgehead atoms. The second-order valence-electron chi connectivity index (χ2n) is 2.97. The fourth-order valence-corrected chi connectivity index (χ4v) is 1.03. The van der Waals surface area contributed by atoms with Crippen LogP contribution in [0.4, 0.5) is 0 Å². The summed E-state index contributed by atoms with van der Waals surface area (Å²) >= 11 is 0. The molecule has 1 fully saturated rings. The first-order chi connectivity index (χ1) is 4.20. The first-order valence-corrected chi connectivity index (χ1v) is 3.59. The summed E-state index contributed by atoms with van der Waals surface area (Å²) in [7, 11) is 0. The highest BCUT2D eigenvalue weighted by molar-refractivity contribution is 4.72. The second-order valence-corrected chi connectivity index (χ2v) is 2.97. The highest BCUT2D eigenvalue weighted by Gasteiger charge is 2.22. The fraction of sp³-hybridized carbons (Fsp3) is 1.00. The number of rotatable bonds is 1. The standard InChI is InChI=1S/C7H15NO/c1-5(2)7-4-8-6(3)9-7/h5-8H,4H2,1-3H3. The van der Waals surface area contributed by atoms with Crippen LogP contribution in [0.1, 0.15) is 20.8 Å². The normalized spacial score (nSPS) is 36.0. The zero-order valence-electron chi connectivity index (χ0n) is 6.35. The molecular weight excluding hydrogens is 114 g/mol. The van der Waals surface area contributed by atoms with Crippen molar-refractivity contribution in [3.05, 3.63) is 0 Å². The van der Waals surface area contributed by atoms with E-state index in [1.54, 1.807) is 0 Å². The van der Waals surface area contributed by atoms with Crippen molar-refractivity contribution in [3.8, 4) is 0 Å². The van der Waals surface area contributed by atoms with E-state index in [4.69, 9.17) is 4.74 Å². The summed E-state index contributed by atoms with van der Waals surface area (Å²) < 4.78 is 5.51. The molecule has 0 spiro atoms. The highest BCUT2D eigenvalue weighted by atomic mass is 16.5. The lowest BCUT2D eigenvalue weighted by Gasteiger charge is -2.12. The minimum atomic E-state index is 0.261. The van der Waals surface area contributed by atoms with Gasteiger partial charge in [0.25, 0.3) is 0 Å². The van der Waals surface area contributed by atoms with Crippen molar-refractivity contribution in [2.75, 3.05) is 6.54 Å². The third-order valence-corrected chi connectivity index (χ3v) is 1.73. The van der Waals surface area contributed by atoms with Gasteiger partial charge in [0.05, 0.1) is 6.10 Å². The van der Waals surface area contributed by atoms with E-state index in [0.717, 1.165) is 6.54 Å². The summed E-state index contributed by atoms with van der Waals surface area (Å²) in [6.07, 6.45) is 0.692. The third-order valence-electron chi connectivity index (χ3n) is 1.73. The summed E-state index contributed by atoms with van der Waals surface area (Å²) in [4.78, 5) is 0. The van der Waals surface area contributed by atoms with E-state index < -0.39 is 0 Å². The molecule has 54 valence electrons. The van der Waals surface area contributed by atoms with E-state index in [2.05, 4.69) is 19.2 Å². The average Bonchev–Trinajstić information content (AvgIpc) is 2.14. The van der Waals surface area contributed by atoms with Gasteiger partial charge in [-0.05, 0) is 12.8 Å². The Hall–Kier alpha value is -0.0800. The van der Waals surface area contributed by atoms with Gasteiger partial charge >= 0.3 is 0 Å². The molecule has 2 atom stereocenters. The van der Waals surface area contributed by atoms with E-state index in [-0.39, 0.29) is 6.23 Å². The van der Waals surface area contributed by atoms with Gasteiger partial charge in [-0.2, -0.15) is 0 Å². The van der Waals surface area contributed by atoms with Crippen molar-refractivity contribution < 1.29 is 4.74 Å². The Morgan fingerprint density at radius 3 is 2.44 bits per heavy atom. The molecule has 1 heterocycles. The maximum absolute atomic E-state index is 5.51. The Bertz CT molecular complexity index is 92.9. The number of ether oxygens (including phenoxy) is 1. The Kier molecular flexibility index (Phi) is 2.09. The molecule has 1 N–H and O–H groups in total. The molecule has 0 aromatic rings. The summed E-state index contributed by atoms with van der Waals surface area (Å²) in [5, 5.41) is 3.23. The molecule has 2 nitrogen and oxygen atoms in total. The van der Waals surface area contributed by atoms with E-state index in [0.29, 0.717) is 12.0 Å². The van der Waals surface area contributed by atoms with Crippen LogP contribution in [-0.2, 0) is 4.74 Å². The van der Waals surface area contributed by atoms with Crippen molar-refractivity contribution in [3.63, 3.8) is 0 Å². The molecule has 0 aromatic carbocycles. The van der Waals surface area contributed by atoms with Crippen LogP contribution in [0.2, 0.25) is 0 Å². The monoisotopic (exact) mass is 129 g/mol. The Morgan fingerprint density at radius 1 is 1.56 bits per heavy atom. The first kappa shape index (κ1) is 7.03. The zero-order chi connectivity index (χ0) is 6.85. The van der Waals surface area contributed by atoms with E-state index in [9.17, 15) is 0 Å². The maximum atomic E-state index is 5.51. The SMILES string of the molecule is CC1NCC(C(C)C)O1. The fourth-order valence-electron chi connectivity index (χ4n) is 1.03.